The van der Waals surface area contributed by atoms with Crippen molar-refractivity contribution in [2.75, 3.05) is 18.0 Å². The fourth-order valence-electron chi connectivity index (χ4n) is 1.99. The van der Waals surface area contributed by atoms with Crippen LogP contribution in [0.3, 0.4) is 0 Å². The molecule has 0 spiro atoms. The number of hydrogen-bond acceptors (Lipinski definition) is 5. The molecule has 0 aliphatic carbocycles. The van der Waals surface area contributed by atoms with E-state index >= 15 is 0 Å². The van der Waals surface area contributed by atoms with Gasteiger partial charge in [0.1, 0.15) is 5.60 Å². The van der Waals surface area contributed by atoms with E-state index in [0.29, 0.717) is 12.5 Å². The Bertz CT molecular complexity index is 456. The molecule has 1 saturated heterocycles. The molecule has 19 heavy (non-hydrogen) atoms. The van der Waals surface area contributed by atoms with Crippen LogP contribution in [0.5, 0.6) is 0 Å². The molecule has 0 saturated carbocycles. The lowest BCUT2D eigenvalue weighted by Crippen LogP contribution is -2.31. The number of ether oxygens (including phenoxy) is 1. The minimum atomic E-state index is -0.432. The molecule has 6 heteroatoms. The Balaban J connectivity index is 1.96. The van der Waals surface area contributed by atoms with E-state index in [9.17, 15) is 4.79 Å². The van der Waals surface area contributed by atoms with Gasteiger partial charge >= 0.3 is 5.97 Å². The zero-order valence-electron chi connectivity index (χ0n) is 11.4. The SMILES string of the molecule is CC(C)(C)OC(=O)[C@@H]1CCN(c2ncc(Br)cn2)C1. The number of rotatable bonds is 2. The highest BCUT2D eigenvalue weighted by molar-refractivity contribution is 9.10. The summed E-state index contributed by atoms with van der Waals surface area (Å²) in [4.78, 5) is 22.5. The van der Waals surface area contributed by atoms with E-state index in [1.807, 2.05) is 25.7 Å². The predicted octanol–water partition coefficient (Wildman–Crippen LogP) is 2.41. The van der Waals surface area contributed by atoms with E-state index < -0.39 is 5.60 Å². The first-order valence-corrected chi connectivity index (χ1v) is 7.10. The molecule has 0 radical (unpaired) electrons. The Morgan fingerprint density at radius 2 is 2.05 bits per heavy atom. The normalized spacial score (nSPS) is 19.6. The third-order valence-corrected chi connectivity index (χ3v) is 3.23. The highest BCUT2D eigenvalue weighted by Crippen LogP contribution is 2.23. The first-order chi connectivity index (χ1) is 8.85. The van der Waals surface area contributed by atoms with Crippen molar-refractivity contribution in [1.29, 1.82) is 0 Å². The van der Waals surface area contributed by atoms with Crippen LogP contribution in [0.2, 0.25) is 0 Å². The maximum absolute atomic E-state index is 12.0. The number of esters is 1. The second-order valence-corrected chi connectivity index (χ2v) is 6.58. The standard InChI is InChI=1S/C13H18BrN3O2/c1-13(2,3)19-11(18)9-4-5-17(8-9)12-15-6-10(14)7-16-12/h6-7,9H,4-5,8H2,1-3H3/t9-/m1/s1. The number of hydrogen-bond donors (Lipinski definition) is 0. The van der Waals surface area contributed by atoms with Gasteiger partial charge in [0.25, 0.3) is 0 Å². The van der Waals surface area contributed by atoms with Gasteiger partial charge in [0, 0.05) is 25.5 Å². The summed E-state index contributed by atoms with van der Waals surface area (Å²) in [6.07, 6.45) is 4.21. The van der Waals surface area contributed by atoms with Crippen molar-refractivity contribution in [2.45, 2.75) is 32.8 Å². The molecular formula is C13H18BrN3O2. The van der Waals surface area contributed by atoms with Crippen LogP contribution in [0.25, 0.3) is 0 Å². The zero-order valence-corrected chi connectivity index (χ0v) is 13.0. The molecule has 0 aromatic carbocycles. The van der Waals surface area contributed by atoms with Gasteiger partial charge in [-0.25, -0.2) is 9.97 Å². The summed E-state index contributed by atoms with van der Waals surface area (Å²) >= 11 is 3.30. The lowest BCUT2D eigenvalue weighted by molar-refractivity contribution is -0.159. The van der Waals surface area contributed by atoms with Gasteiger partial charge < -0.3 is 9.64 Å². The maximum atomic E-state index is 12.0. The van der Waals surface area contributed by atoms with E-state index in [1.54, 1.807) is 12.4 Å². The van der Waals surface area contributed by atoms with Crippen molar-refractivity contribution in [3.05, 3.63) is 16.9 Å². The molecule has 1 atom stereocenters. The monoisotopic (exact) mass is 327 g/mol. The van der Waals surface area contributed by atoms with E-state index in [0.717, 1.165) is 17.4 Å². The molecule has 2 heterocycles. The molecule has 1 aromatic rings. The topological polar surface area (TPSA) is 55.3 Å². The summed E-state index contributed by atoms with van der Waals surface area (Å²) in [5.74, 6) is 0.438. The van der Waals surface area contributed by atoms with Crippen molar-refractivity contribution in [3.63, 3.8) is 0 Å². The fourth-order valence-corrected chi connectivity index (χ4v) is 2.19. The highest BCUT2D eigenvalue weighted by Gasteiger charge is 2.32. The van der Waals surface area contributed by atoms with Crippen LogP contribution in [0, 0.1) is 5.92 Å². The van der Waals surface area contributed by atoms with Crippen molar-refractivity contribution in [3.8, 4) is 0 Å². The van der Waals surface area contributed by atoms with Gasteiger partial charge in [-0.05, 0) is 43.1 Å². The largest absolute Gasteiger partial charge is 0.460 e. The minimum absolute atomic E-state index is 0.0912. The van der Waals surface area contributed by atoms with Crippen LogP contribution in [0.4, 0.5) is 5.95 Å². The van der Waals surface area contributed by atoms with Gasteiger partial charge in [0.15, 0.2) is 0 Å². The number of halogens is 1. The molecule has 5 nitrogen and oxygen atoms in total. The summed E-state index contributed by atoms with van der Waals surface area (Å²) in [6, 6.07) is 0. The van der Waals surface area contributed by atoms with Gasteiger partial charge in [-0.15, -0.1) is 0 Å². The fraction of sp³-hybridized carbons (Fsp3) is 0.615. The number of carbonyl (C=O) groups is 1. The van der Waals surface area contributed by atoms with Crippen LogP contribution in [0.15, 0.2) is 16.9 Å². The summed E-state index contributed by atoms with van der Waals surface area (Å²) in [5.41, 5.74) is -0.432. The number of carbonyl (C=O) groups excluding carboxylic acids is 1. The molecule has 104 valence electrons. The summed E-state index contributed by atoms with van der Waals surface area (Å²) in [7, 11) is 0. The van der Waals surface area contributed by atoms with E-state index in [-0.39, 0.29) is 11.9 Å². The summed E-state index contributed by atoms with van der Waals surface area (Å²) in [5, 5.41) is 0. The maximum Gasteiger partial charge on any atom is 0.311 e. The van der Waals surface area contributed by atoms with E-state index in [4.69, 9.17) is 4.74 Å². The molecule has 1 aromatic heterocycles. The molecule has 0 bridgehead atoms. The molecule has 1 aliphatic rings. The lowest BCUT2D eigenvalue weighted by Gasteiger charge is -2.22. The second-order valence-electron chi connectivity index (χ2n) is 5.67. The highest BCUT2D eigenvalue weighted by atomic mass is 79.9. The zero-order chi connectivity index (χ0) is 14.0. The molecule has 0 amide bonds. The molecule has 1 fully saturated rings. The average molecular weight is 328 g/mol. The first-order valence-electron chi connectivity index (χ1n) is 6.30. The Labute approximate surface area is 121 Å². The van der Waals surface area contributed by atoms with Crippen molar-refractivity contribution in [2.24, 2.45) is 5.92 Å². The van der Waals surface area contributed by atoms with Gasteiger partial charge in [0.2, 0.25) is 5.95 Å². The lowest BCUT2D eigenvalue weighted by atomic mass is 10.1. The molecule has 0 unspecified atom stereocenters. The number of aromatic nitrogens is 2. The molecule has 2 rings (SSSR count). The average Bonchev–Trinajstić information content (AvgIpc) is 2.77. The van der Waals surface area contributed by atoms with E-state index in [1.165, 1.54) is 0 Å². The van der Waals surface area contributed by atoms with Crippen LogP contribution >= 0.6 is 15.9 Å². The quantitative estimate of drug-likeness (QED) is 0.781. The summed E-state index contributed by atoms with van der Waals surface area (Å²) < 4.78 is 6.26. The Morgan fingerprint density at radius 3 is 2.63 bits per heavy atom. The van der Waals surface area contributed by atoms with Crippen molar-refractivity contribution in [1.82, 2.24) is 9.97 Å². The predicted molar refractivity (Wildman–Crippen MR) is 75.9 cm³/mol. The van der Waals surface area contributed by atoms with Gasteiger partial charge in [0.05, 0.1) is 10.4 Å². The first kappa shape index (κ1) is 14.2. The van der Waals surface area contributed by atoms with Crippen molar-refractivity contribution < 1.29 is 9.53 Å². The van der Waals surface area contributed by atoms with Crippen molar-refractivity contribution >= 4 is 27.8 Å². The second kappa shape index (κ2) is 5.45. The Kier molecular flexibility index (Phi) is 4.08. The van der Waals surface area contributed by atoms with Crippen LogP contribution in [-0.2, 0) is 9.53 Å². The third kappa shape index (κ3) is 3.89. The van der Waals surface area contributed by atoms with Crippen LogP contribution in [0.1, 0.15) is 27.2 Å². The van der Waals surface area contributed by atoms with Gasteiger partial charge in [-0.2, -0.15) is 0 Å². The van der Waals surface area contributed by atoms with Crippen LogP contribution in [-0.4, -0.2) is 34.6 Å². The molecule has 0 N–H and O–H groups in total. The van der Waals surface area contributed by atoms with E-state index in [2.05, 4.69) is 25.9 Å². The minimum Gasteiger partial charge on any atom is -0.460 e. The molecule has 1 aliphatic heterocycles. The smallest absolute Gasteiger partial charge is 0.311 e. The Morgan fingerprint density at radius 1 is 1.42 bits per heavy atom. The van der Waals surface area contributed by atoms with Crippen LogP contribution < -0.4 is 4.90 Å². The third-order valence-electron chi connectivity index (χ3n) is 2.82. The summed E-state index contributed by atoms with van der Waals surface area (Å²) in [6.45, 7) is 7.06. The Hall–Kier alpha value is -1.17. The van der Waals surface area contributed by atoms with Gasteiger partial charge in [-0.3, -0.25) is 4.79 Å². The number of anilines is 1. The number of nitrogens with zero attached hydrogens (tertiary/aromatic N) is 3. The van der Waals surface area contributed by atoms with Gasteiger partial charge in [-0.1, -0.05) is 0 Å². The molecular weight excluding hydrogens is 310 g/mol.